The Labute approximate surface area is 124 Å². The van der Waals surface area contributed by atoms with Crippen molar-refractivity contribution in [2.45, 2.75) is 13.0 Å². The monoisotopic (exact) mass is 285 g/mol. The number of amides is 1. The van der Waals surface area contributed by atoms with Crippen LogP contribution in [0.1, 0.15) is 18.7 Å². The van der Waals surface area contributed by atoms with Gasteiger partial charge in [-0.15, -0.1) is 0 Å². The quantitative estimate of drug-likeness (QED) is 0.856. The molecule has 2 rings (SSSR count). The second kappa shape index (κ2) is 7.40. The Hall–Kier alpha value is -2.40. The predicted molar refractivity (Wildman–Crippen MR) is 83.2 cm³/mol. The van der Waals surface area contributed by atoms with Gasteiger partial charge in [0.15, 0.2) is 0 Å². The zero-order chi connectivity index (χ0) is 15.1. The highest BCUT2D eigenvalue weighted by Gasteiger charge is 2.07. The highest BCUT2D eigenvalue weighted by atomic mass is 16.5. The number of benzene rings is 1. The maximum atomic E-state index is 11.5. The number of pyridine rings is 1. The van der Waals surface area contributed by atoms with Gasteiger partial charge in [-0.05, 0) is 37.3 Å². The van der Waals surface area contributed by atoms with Gasteiger partial charge in [-0.2, -0.15) is 0 Å². The Bertz CT molecular complexity index is 587. The van der Waals surface area contributed by atoms with Gasteiger partial charge in [-0.1, -0.05) is 12.1 Å². The standard InChI is InChI=1S/C16H19N3O2/c1-12(15-8-3-4-9-17-15)18-13-6-5-7-14(10-13)19-16(20)11-21-2/h3-10,12,18H,11H2,1-2H3,(H,19,20). The molecule has 0 radical (unpaired) electrons. The average molecular weight is 285 g/mol. The number of hydrogen-bond acceptors (Lipinski definition) is 4. The Morgan fingerprint density at radius 3 is 2.76 bits per heavy atom. The lowest BCUT2D eigenvalue weighted by molar-refractivity contribution is -0.119. The van der Waals surface area contributed by atoms with Crippen LogP contribution in [0.3, 0.4) is 0 Å². The SMILES string of the molecule is COCC(=O)Nc1cccc(NC(C)c2ccccn2)c1. The van der Waals surface area contributed by atoms with Crippen LogP contribution in [-0.4, -0.2) is 24.6 Å². The van der Waals surface area contributed by atoms with Gasteiger partial charge in [0.2, 0.25) is 5.91 Å². The summed E-state index contributed by atoms with van der Waals surface area (Å²) < 4.78 is 4.79. The number of ether oxygens (including phenoxy) is 1. The second-order valence-electron chi connectivity index (χ2n) is 4.68. The molecule has 1 amide bonds. The molecule has 5 heteroatoms. The topological polar surface area (TPSA) is 63.2 Å². The van der Waals surface area contributed by atoms with Crippen molar-refractivity contribution in [2.75, 3.05) is 24.4 Å². The van der Waals surface area contributed by atoms with Crippen molar-refractivity contribution in [2.24, 2.45) is 0 Å². The van der Waals surface area contributed by atoms with Crippen molar-refractivity contribution >= 4 is 17.3 Å². The lowest BCUT2D eigenvalue weighted by Gasteiger charge is -2.15. The number of hydrogen-bond donors (Lipinski definition) is 2. The summed E-state index contributed by atoms with van der Waals surface area (Å²) in [7, 11) is 1.49. The first-order chi connectivity index (χ1) is 10.2. The van der Waals surface area contributed by atoms with Crippen LogP contribution in [0, 0.1) is 0 Å². The van der Waals surface area contributed by atoms with Gasteiger partial charge >= 0.3 is 0 Å². The molecule has 2 aromatic rings. The number of carbonyl (C=O) groups excluding carboxylic acids is 1. The van der Waals surface area contributed by atoms with Crippen molar-refractivity contribution in [3.63, 3.8) is 0 Å². The minimum atomic E-state index is -0.174. The molecule has 0 aliphatic rings. The van der Waals surface area contributed by atoms with Crippen molar-refractivity contribution in [1.82, 2.24) is 4.98 Å². The van der Waals surface area contributed by atoms with Crippen LogP contribution in [0.4, 0.5) is 11.4 Å². The molecule has 0 spiro atoms. The molecule has 0 saturated heterocycles. The summed E-state index contributed by atoms with van der Waals surface area (Å²) in [5.74, 6) is -0.174. The molecule has 1 aromatic heterocycles. The van der Waals surface area contributed by atoms with Crippen LogP contribution in [-0.2, 0) is 9.53 Å². The molecule has 5 nitrogen and oxygen atoms in total. The third-order valence-electron chi connectivity index (χ3n) is 2.94. The predicted octanol–water partition coefficient (Wildman–Crippen LogP) is 2.84. The van der Waals surface area contributed by atoms with Crippen LogP contribution in [0.2, 0.25) is 0 Å². The van der Waals surface area contributed by atoms with Crippen molar-refractivity contribution in [3.8, 4) is 0 Å². The van der Waals surface area contributed by atoms with Gasteiger partial charge in [0.1, 0.15) is 6.61 Å². The van der Waals surface area contributed by atoms with E-state index >= 15 is 0 Å². The summed E-state index contributed by atoms with van der Waals surface area (Å²) in [6.07, 6.45) is 1.77. The molecule has 0 fully saturated rings. The maximum absolute atomic E-state index is 11.5. The van der Waals surface area contributed by atoms with E-state index in [9.17, 15) is 4.79 Å². The van der Waals surface area contributed by atoms with E-state index in [1.807, 2.05) is 49.4 Å². The minimum Gasteiger partial charge on any atom is -0.377 e. The summed E-state index contributed by atoms with van der Waals surface area (Å²) >= 11 is 0. The fourth-order valence-electron chi connectivity index (χ4n) is 1.97. The van der Waals surface area contributed by atoms with Gasteiger partial charge in [0, 0.05) is 24.7 Å². The van der Waals surface area contributed by atoms with Gasteiger partial charge < -0.3 is 15.4 Å². The molecule has 2 N–H and O–H groups in total. The summed E-state index contributed by atoms with van der Waals surface area (Å²) in [5, 5.41) is 6.14. The fraction of sp³-hybridized carbons (Fsp3) is 0.250. The Kier molecular flexibility index (Phi) is 5.29. The van der Waals surface area contributed by atoms with Crippen molar-refractivity contribution in [1.29, 1.82) is 0 Å². The molecule has 0 aliphatic carbocycles. The molecule has 1 atom stereocenters. The van der Waals surface area contributed by atoms with Gasteiger partial charge in [0.25, 0.3) is 0 Å². The van der Waals surface area contributed by atoms with Crippen LogP contribution in [0.15, 0.2) is 48.7 Å². The number of rotatable bonds is 6. The van der Waals surface area contributed by atoms with Crippen LogP contribution in [0.5, 0.6) is 0 Å². The molecule has 21 heavy (non-hydrogen) atoms. The number of methoxy groups -OCH3 is 1. The van der Waals surface area contributed by atoms with E-state index in [2.05, 4.69) is 15.6 Å². The molecular formula is C16H19N3O2. The highest BCUT2D eigenvalue weighted by Crippen LogP contribution is 2.20. The third-order valence-corrected chi connectivity index (χ3v) is 2.94. The first kappa shape index (κ1) is 15.0. The van der Waals surface area contributed by atoms with E-state index in [1.165, 1.54) is 7.11 Å². The lowest BCUT2D eigenvalue weighted by Crippen LogP contribution is -2.17. The summed E-state index contributed by atoms with van der Waals surface area (Å²) in [6, 6.07) is 13.5. The number of carbonyl (C=O) groups is 1. The van der Waals surface area contributed by atoms with E-state index in [4.69, 9.17) is 4.74 Å². The normalized spacial score (nSPS) is 11.7. The molecule has 0 saturated carbocycles. The maximum Gasteiger partial charge on any atom is 0.250 e. The van der Waals surface area contributed by atoms with Gasteiger partial charge in [-0.3, -0.25) is 9.78 Å². The smallest absolute Gasteiger partial charge is 0.250 e. The van der Waals surface area contributed by atoms with Crippen LogP contribution in [0.25, 0.3) is 0 Å². The minimum absolute atomic E-state index is 0.0436. The van der Waals surface area contributed by atoms with Crippen LogP contribution < -0.4 is 10.6 Å². The van der Waals surface area contributed by atoms with E-state index in [0.29, 0.717) is 0 Å². The largest absolute Gasteiger partial charge is 0.377 e. The summed E-state index contributed by atoms with van der Waals surface area (Å²) in [5.41, 5.74) is 2.62. The first-order valence-corrected chi connectivity index (χ1v) is 6.75. The summed E-state index contributed by atoms with van der Waals surface area (Å²) in [6.45, 7) is 2.08. The van der Waals surface area contributed by atoms with Crippen molar-refractivity contribution in [3.05, 3.63) is 54.4 Å². The highest BCUT2D eigenvalue weighted by molar-refractivity contribution is 5.92. The fourth-order valence-corrected chi connectivity index (χ4v) is 1.97. The van der Waals surface area contributed by atoms with E-state index in [0.717, 1.165) is 17.1 Å². The molecule has 1 unspecified atom stereocenters. The van der Waals surface area contributed by atoms with Gasteiger partial charge in [-0.25, -0.2) is 0 Å². The number of nitrogens with one attached hydrogen (secondary N) is 2. The number of aromatic nitrogens is 1. The second-order valence-corrected chi connectivity index (χ2v) is 4.68. The average Bonchev–Trinajstić information content (AvgIpc) is 2.48. The molecule has 0 bridgehead atoms. The number of anilines is 2. The van der Waals surface area contributed by atoms with E-state index in [-0.39, 0.29) is 18.6 Å². The molecule has 0 aliphatic heterocycles. The van der Waals surface area contributed by atoms with E-state index in [1.54, 1.807) is 6.20 Å². The lowest BCUT2D eigenvalue weighted by atomic mass is 10.2. The molecular weight excluding hydrogens is 266 g/mol. The Morgan fingerprint density at radius 2 is 2.05 bits per heavy atom. The zero-order valence-electron chi connectivity index (χ0n) is 12.2. The zero-order valence-corrected chi connectivity index (χ0v) is 12.2. The Morgan fingerprint density at radius 1 is 1.24 bits per heavy atom. The molecule has 110 valence electrons. The Balaban J connectivity index is 2.02. The molecule has 1 aromatic carbocycles. The number of nitrogens with zero attached hydrogens (tertiary/aromatic N) is 1. The third kappa shape index (κ3) is 4.57. The van der Waals surface area contributed by atoms with Crippen molar-refractivity contribution < 1.29 is 9.53 Å². The van der Waals surface area contributed by atoms with E-state index < -0.39 is 0 Å². The van der Waals surface area contributed by atoms with Gasteiger partial charge in [0.05, 0.1) is 11.7 Å². The molecule has 1 heterocycles. The summed E-state index contributed by atoms with van der Waals surface area (Å²) in [4.78, 5) is 15.8. The van der Waals surface area contributed by atoms with Crippen LogP contribution >= 0.6 is 0 Å². The first-order valence-electron chi connectivity index (χ1n) is 6.75.